The number of rotatable bonds is 25. The molecule has 0 fully saturated rings. The summed E-state index contributed by atoms with van der Waals surface area (Å²) in [6.07, 6.45) is 36.9. The van der Waals surface area contributed by atoms with Crippen LogP contribution in [0.3, 0.4) is 0 Å². The molecule has 2 nitrogen and oxygen atoms in total. The molecular formula is C32H63N2+. The van der Waals surface area contributed by atoms with E-state index in [1.165, 1.54) is 154 Å². The lowest BCUT2D eigenvalue weighted by Gasteiger charge is -2.16. The first-order chi connectivity index (χ1) is 16.7. The van der Waals surface area contributed by atoms with Crippen LogP contribution >= 0.6 is 0 Å². The van der Waals surface area contributed by atoms with E-state index >= 15 is 0 Å². The Bertz CT molecular complexity index is 535. The highest BCUT2D eigenvalue weighted by atomic mass is 15.1. The minimum absolute atomic E-state index is 0.623. The predicted octanol–water partition coefficient (Wildman–Crippen LogP) is 11.0. The minimum atomic E-state index is 0.623. The summed E-state index contributed by atoms with van der Waals surface area (Å²) >= 11 is 0. The van der Waals surface area contributed by atoms with Crippen LogP contribution in [0.15, 0.2) is 12.4 Å². The molecule has 0 saturated carbocycles. The van der Waals surface area contributed by atoms with Gasteiger partial charge >= 0.3 is 0 Å². The number of hydrogen-bond acceptors (Lipinski definition) is 0. The van der Waals surface area contributed by atoms with Gasteiger partial charge in [-0.15, -0.1) is 0 Å². The van der Waals surface area contributed by atoms with Crippen molar-refractivity contribution >= 4 is 0 Å². The largest absolute Gasteiger partial charge is 0.257 e. The van der Waals surface area contributed by atoms with Crippen molar-refractivity contribution < 1.29 is 4.57 Å². The average molecular weight is 476 g/mol. The maximum Gasteiger partial charge on any atom is 0.257 e. The first-order valence-electron chi connectivity index (χ1n) is 15.8. The molecule has 1 heterocycles. The Morgan fingerprint density at radius 2 is 1.00 bits per heavy atom. The van der Waals surface area contributed by atoms with E-state index < -0.39 is 0 Å². The first-order valence-corrected chi connectivity index (χ1v) is 15.8. The zero-order chi connectivity index (χ0) is 24.7. The highest BCUT2D eigenvalue weighted by Crippen LogP contribution is 2.26. The van der Waals surface area contributed by atoms with Crippen LogP contribution in [0.4, 0.5) is 0 Å². The van der Waals surface area contributed by atoms with Gasteiger partial charge in [0.05, 0.1) is 12.0 Å². The second kappa shape index (κ2) is 22.7. The molecule has 200 valence electrons. The van der Waals surface area contributed by atoms with Gasteiger partial charge in [0, 0.05) is 0 Å². The quantitative estimate of drug-likeness (QED) is 0.107. The predicted molar refractivity (Wildman–Crippen MR) is 152 cm³/mol. The van der Waals surface area contributed by atoms with Crippen molar-refractivity contribution in [3.63, 3.8) is 0 Å². The molecule has 0 aromatic carbocycles. The van der Waals surface area contributed by atoms with Crippen LogP contribution in [0.25, 0.3) is 0 Å². The van der Waals surface area contributed by atoms with Gasteiger partial charge in [0.1, 0.15) is 12.4 Å². The highest BCUT2D eigenvalue weighted by molar-refractivity contribution is 4.90. The van der Waals surface area contributed by atoms with E-state index in [4.69, 9.17) is 0 Å². The molecule has 0 aliphatic carbocycles. The molecule has 2 unspecified atom stereocenters. The number of nitrogens with zero attached hydrogens (tertiary/aromatic N) is 1. The summed E-state index contributed by atoms with van der Waals surface area (Å²) < 4.78 is 2.58. The summed E-state index contributed by atoms with van der Waals surface area (Å²) in [6, 6.07) is 0.623. The summed E-state index contributed by atoms with van der Waals surface area (Å²) in [5.74, 6) is 2.20. The van der Waals surface area contributed by atoms with Gasteiger partial charge in [0.15, 0.2) is 0 Å². The SMILES string of the molecule is CCCCCCCCCCCCCCCCC(C)[n+]1cc[nH]c1C(CCC)CCCCCCC. The number of nitrogens with one attached hydrogen (secondary N) is 1. The van der Waals surface area contributed by atoms with Crippen LogP contribution in [-0.4, -0.2) is 4.98 Å². The van der Waals surface area contributed by atoms with Crippen LogP contribution in [0.2, 0.25) is 0 Å². The maximum atomic E-state index is 3.64. The molecule has 0 saturated heterocycles. The van der Waals surface area contributed by atoms with E-state index in [9.17, 15) is 0 Å². The molecule has 1 aromatic heterocycles. The van der Waals surface area contributed by atoms with Crippen molar-refractivity contribution in [2.75, 3.05) is 0 Å². The highest BCUT2D eigenvalue weighted by Gasteiger charge is 2.24. The smallest absolute Gasteiger partial charge is 0.247 e. The molecule has 0 aliphatic rings. The van der Waals surface area contributed by atoms with Gasteiger partial charge in [0.25, 0.3) is 5.82 Å². The minimum Gasteiger partial charge on any atom is -0.247 e. The number of unbranched alkanes of at least 4 members (excludes halogenated alkanes) is 17. The van der Waals surface area contributed by atoms with E-state index in [0.29, 0.717) is 12.0 Å². The number of aromatic amines is 1. The van der Waals surface area contributed by atoms with E-state index in [1.807, 2.05) is 0 Å². The monoisotopic (exact) mass is 475 g/mol. The lowest BCUT2D eigenvalue weighted by atomic mass is 9.94. The van der Waals surface area contributed by atoms with Gasteiger partial charge < -0.3 is 0 Å². The van der Waals surface area contributed by atoms with Gasteiger partial charge in [-0.2, -0.15) is 0 Å². The van der Waals surface area contributed by atoms with Crippen LogP contribution < -0.4 is 4.57 Å². The molecule has 2 atom stereocenters. The maximum absolute atomic E-state index is 3.64. The van der Waals surface area contributed by atoms with Crippen LogP contribution in [0.5, 0.6) is 0 Å². The Hall–Kier alpha value is -0.790. The third-order valence-electron chi connectivity index (χ3n) is 7.87. The number of hydrogen-bond donors (Lipinski definition) is 1. The summed E-state index contributed by atoms with van der Waals surface area (Å²) in [5, 5.41) is 0. The van der Waals surface area contributed by atoms with Crippen LogP contribution in [0, 0.1) is 0 Å². The molecule has 2 heteroatoms. The summed E-state index contributed by atoms with van der Waals surface area (Å²) in [5.41, 5.74) is 0. The Morgan fingerprint density at radius 1 is 0.559 bits per heavy atom. The lowest BCUT2D eigenvalue weighted by molar-refractivity contribution is -0.727. The fourth-order valence-corrected chi connectivity index (χ4v) is 5.60. The van der Waals surface area contributed by atoms with Crippen molar-refractivity contribution in [3.05, 3.63) is 18.2 Å². The number of imidazole rings is 1. The molecule has 34 heavy (non-hydrogen) atoms. The molecule has 0 bridgehead atoms. The van der Waals surface area contributed by atoms with E-state index in [1.54, 1.807) is 0 Å². The van der Waals surface area contributed by atoms with Crippen LogP contribution in [0.1, 0.15) is 193 Å². The summed E-state index contributed by atoms with van der Waals surface area (Å²) in [7, 11) is 0. The first kappa shape index (κ1) is 31.2. The van der Waals surface area contributed by atoms with Gasteiger partial charge in [0.2, 0.25) is 0 Å². The van der Waals surface area contributed by atoms with Crippen molar-refractivity contribution in [3.8, 4) is 0 Å². The fourth-order valence-electron chi connectivity index (χ4n) is 5.60. The molecule has 0 amide bonds. The molecule has 0 radical (unpaired) electrons. The Balaban J connectivity index is 2.15. The lowest BCUT2D eigenvalue weighted by Crippen LogP contribution is -2.41. The van der Waals surface area contributed by atoms with Crippen molar-refractivity contribution in [2.45, 2.75) is 187 Å². The third-order valence-corrected chi connectivity index (χ3v) is 7.87. The number of aromatic nitrogens is 2. The van der Waals surface area contributed by atoms with Gasteiger partial charge in [-0.05, 0) is 32.6 Å². The average Bonchev–Trinajstić information content (AvgIpc) is 3.33. The molecule has 1 N–H and O–H groups in total. The third kappa shape index (κ3) is 15.3. The Kier molecular flexibility index (Phi) is 20.8. The summed E-state index contributed by atoms with van der Waals surface area (Å²) in [4.78, 5) is 3.64. The summed E-state index contributed by atoms with van der Waals surface area (Å²) in [6.45, 7) is 9.39. The van der Waals surface area contributed by atoms with E-state index in [2.05, 4.69) is 49.6 Å². The topological polar surface area (TPSA) is 19.7 Å². The normalized spacial score (nSPS) is 13.4. The second-order valence-corrected chi connectivity index (χ2v) is 11.2. The van der Waals surface area contributed by atoms with Crippen molar-refractivity contribution in [1.29, 1.82) is 0 Å². The van der Waals surface area contributed by atoms with Gasteiger partial charge in [-0.25, -0.2) is 9.55 Å². The Labute approximate surface area is 215 Å². The van der Waals surface area contributed by atoms with Gasteiger partial charge in [-0.3, -0.25) is 0 Å². The van der Waals surface area contributed by atoms with E-state index in [-0.39, 0.29) is 0 Å². The van der Waals surface area contributed by atoms with Crippen LogP contribution in [-0.2, 0) is 0 Å². The van der Waals surface area contributed by atoms with E-state index in [0.717, 1.165) is 0 Å². The zero-order valence-corrected chi connectivity index (χ0v) is 24.0. The zero-order valence-electron chi connectivity index (χ0n) is 24.0. The second-order valence-electron chi connectivity index (χ2n) is 11.2. The molecule has 0 aliphatic heterocycles. The number of H-pyrrole nitrogens is 1. The van der Waals surface area contributed by atoms with Gasteiger partial charge in [-0.1, -0.05) is 143 Å². The fraction of sp³-hybridized carbons (Fsp3) is 0.906. The standard InChI is InChI=1S/C32H62N2/c1-5-8-10-12-13-14-15-16-17-18-19-20-22-23-26-30(4)34-29-28-33-32(34)31(25-7-3)27-24-21-11-9-6-2/h28-31H,5-27H2,1-4H3/p+1. The van der Waals surface area contributed by atoms with Crippen molar-refractivity contribution in [1.82, 2.24) is 4.98 Å². The Morgan fingerprint density at radius 3 is 1.47 bits per heavy atom. The molecular weight excluding hydrogens is 412 g/mol. The molecule has 0 spiro atoms. The van der Waals surface area contributed by atoms with Crippen molar-refractivity contribution in [2.24, 2.45) is 0 Å². The molecule has 1 aromatic rings. The molecule has 1 rings (SSSR count).